The monoisotopic (exact) mass is 922 g/mol. The zero-order chi connectivity index (χ0) is 47.9. The van der Waals surface area contributed by atoms with Crippen LogP contribution in [0.3, 0.4) is 0 Å². The lowest BCUT2D eigenvalue weighted by molar-refractivity contribution is -0.249. The Labute approximate surface area is 398 Å². The molecule has 0 N–H and O–H groups in total. The summed E-state index contributed by atoms with van der Waals surface area (Å²) in [5.41, 5.74) is -0.292. The number of cyclic esters (lactones) is 1. The fourth-order valence-electron chi connectivity index (χ4n) is 13.4. The summed E-state index contributed by atoms with van der Waals surface area (Å²) in [5, 5.41) is 0. The van der Waals surface area contributed by atoms with Crippen molar-refractivity contribution >= 4 is 35.6 Å². The molecule has 4 aromatic carbocycles. The van der Waals surface area contributed by atoms with Crippen LogP contribution in [0.15, 0.2) is 121 Å². The van der Waals surface area contributed by atoms with Crippen LogP contribution in [0.1, 0.15) is 121 Å². The zero-order valence-electron chi connectivity index (χ0n) is 39.5. The first-order valence-electron chi connectivity index (χ1n) is 24.4. The minimum absolute atomic E-state index is 0.0371. The summed E-state index contributed by atoms with van der Waals surface area (Å²) in [7, 11) is 0. The highest BCUT2D eigenvalue weighted by atomic mass is 16.6. The third-order valence-electron chi connectivity index (χ3n) is 17.0. The molecule has 11 heteroatoms. The second-order valence-electron chi connectivity index (χ2n) is 20.9. The maximum atomic E-state index is 15.2. The summed E-state index contributed by atoms with van der Waals surface area (Å²) in [6.07, 6.45) is -1.65. The highest BCUT2D eigenvalue weighted by Crippen LogP contribution is 2.69. The fourth-order valence-corrected chi connectivity index (χ4v) is 13.4. The van der Waals surface area contributed by atoms with Crippen LogP contribution in [0, 0.1) is 58.2 Å². The van der Waals surface area contributed by atoms with E-state index in [4.69, 9.17) is 23.7 Å². The van der Waals surface area contributed by atoms with Crippen molar-refractivity contribution in [3.8, 4) is 0 Å². The molecule has 5 aliphatic rings. The molecule has 1 heterocycles. The first-order valence-corrected chi connectivity index (χ1v) is 24.4. The van der Waals surface area contributed by atoms with E-state index in [1.807, 2.05) is 0 Å². The topological polar surface area (TPSA) is 149 Å². The van der Waals surface area contributed by atoms with Crippen molar-refractivity contribution in [3.05, 3.63) is 144 Å². The van der Waals surface area contributed by atoms with Gasteiger partial charge in [-0.05, 0) is 121 Å². The third-order valence-corrected chi connectivity index (χ3v) is 17.0. The summed E-state index contributed by atoms with van der Waals surface area (Å²) in [4.78, 5) is 85.9. The zero-order valence-corrected chi connectivity index (χ0v) is 39.5. The molecule has 1 aliphatic heterocycles. The van der Waals surface area contributed by atoms with E-state index in [9.17, 15) is 24.0 Å². The van der Waals surface area contributed by atoms with Gasteiger partial charge in [-0.3, -0.25) is 9.59 Å². The van der Waals surface area contributed by atoms with E-state index in [2.05, 4.69) is 34.6 Å². The number of ether oxygens (including phenoxy) is 5. The third kappa shape index (κ3) is 8.77. The van der Waals surface area contributed by atoms with Crippen LogP contribution in [-0.4, -0.2) is 66.1 Å². The number of carbonyl (C=O) groups excluding carboxylic acids is 6. The number of esters is 5. The van der Waals surface area contributed by atoms with Crippen molar-refractivity contribution in [2.45, 2.75) is 110 Å². The molecular weight excluding hydrogens is 861 g/mol. The lowest BCUT2D eigenvalue weighted by Crippen LogP contribution is -2.70. The first-order chi connectivity index (χ1) is 32.7. The molecule has 0 spiro atoms. The average molecular weight is 923 g/mol. The van der Waals surface area contributed by atoms with E-state index in [-0.39, 0.29) is 64.6 Å². The van der Waals surface area contributed by atoms with Crippen molar-refractivity contribution in [2.24, 2.45) is 58.2 Å². The van der Waals surface area contributed by atoms with E-state index in [0.29, 0.717) is 43.6 Å². The van der Waals surface area contributed by atoms with Gasteiger partial charge in [-0.25, -0.2) is 19.2 Å². The Morgan fingerprint density at radius 2 is 1.03 bits per heavy atom. The van der Waals surface area contributed by atoms with Crippen LogP contribution in [0.25, 0.3) is 0 Å². The SMILES string of the molecule is CC(C)C1CC(=O)OC(C(C)C2CC(=O)C3C4C(OC(=O)c5ccccc5)C(OC(=O)c5ccccc5)C5C(OC(=O)c6ccccc6)C(OC(=O)c6ccccc6)CC[C@]5(C)C4CC[C@]23C)C1. The summed E-state index contributed by atoms with van der Waals surface area (Å²) in [5.74, 6) is -5.06. The van der Waals surface area contributed by atoms with Crippen LogP contribution in [0.4, 0.5) is 0 Å². The van der Waals surface area contributed by atoms with Gasteiger partial charge in [0, 0.05) is 30.6 Å². The Balaban J connectivity index is 1.18. The Morgan fingerprint density at radius 1 is 0.574 bits per heavy atom. The fraction of sp³-hybridized carbons (Fsp3) is 0.474. The number of hydrogen-bond acceptors (Lipinski definition) is 11. The lowest BCUT2D eigenvalue weighted by Gasteiger charge is -2.64. The van der Waals surface area contributed by atoms with Gasteiger partial charge in [-0.2, -0.15) is 0 Å². The molecule has 0 amide bonds. The first kappa shape index (κ1) is 47.0. The second kappa shape index (κ2) is 19.1. The van der Waals surface area contributed by atoms with Gasteiger partial charge in [0.1, 0.15) is 36.3 Å². The predicted molar refractivity (Wildman–Crippen MR) is 251 cm³/mol. The van der Waals surface area contributed by atoms with Gasteiger partial charge in [0.2, 0.25) is 0 Å². The molecule has 4 aliphatic carbocycles. The Hall–Kier alpha value is -6.10. The van der Waals surface area contributed by atoms with Crippen molar-refractivity contribution in [2.75, 3.05) is 0 Å². The number of benzene rings is 4. The maximum Gasteiger partial charge on any atom is 0.338 e. The predicted octanol–water partition coefficient (Wildman–Crippen LogP) is 10.2. The number of hydrogen-bond donors (Lipinski definition) is 0. The molecule has 0 radical (unpaired) electrons. The quantitative estimate of drug-likeness (QED) is 0.105. The molecule has 4 aromatic rings. The molecule has 14 atom stereocenters. The molecule has 4 saturated carbocycles. The second-order valence-corrected chi connectivity index (χ2v) is 20.9. The number of ketones is 1. The molecule has 9 rings (SSSR count). The maximum absolute atomic E-state index is 15.2. The van der Waals surface area contributed by atoms with Crippen LogP contribution >= 0.6 is 0 Å². The Bertz CT molecular complexity index is 2490. The van der Waals surface area contributed by atoms with Gasteiger partial charge < -0.3 is 23.7 Å². The van der Waals surface area contributed by atoms with Gasteiger partial charge in [0.25, 0.3) is 0 Å². The molecule has 0 bridgehead atoms. The summed E-state index contributed by atoms with van der Waals surface area (Å²) in [6.45, 7) is 10.7. The summed E-state index contributed by atoms with van der Waals surface area (Å²) in [6, 6.07) is 34.2. The Morgan fingerprint density at radius 3 is 1.53 bits per heavy atom. The van der Waals surface area contributed by atoms with Crippen LogP contribution in [0.5, 0.6) is 0 Å². The van der Waals surface area contributed by atoms with Crippen molar-refractivity contribution in [3.63, 3.8) is 0 Å². The van der Waals surface area contributed by atoms with Gasteiger partial charge >= 0.3 is 29.8 Å². The minimum Gasteiger partial charge on any atom is -0.462 e. The van der Waals surface area contributed by atoms with Crippen molar-refractivity contribution < 1.29 is 52.5 Å². The number of carbonyl (C=O) groups is 6. The van der Waals surface area contributed by atoms with E-state index in [1.54, 1.807) is 121 Å². The van der Waals surface area contributed by atoms with E-state index < -0.39 is 76.9 Å². The molecule has 11 nitrogen and oxygen atoms in total. The Kier molecular flexibility index (Phi) is 13.2. The van der Waals surface area contributed by atoms with E-state index >= 15 is 4.79 Å². The standard InChI is InChI=1S/C57H62O11/c1-33(2)39-30-44(64-45(59)31-39)34(3)41-32-42(58)47-46-40(26-28-57(41,47)5)56(4)29-27-43(65-52(60)35-18-10-6-11-19-35)49(66-53(61)36-20-12-7-13-21-36)48(56)51(68-55(63)38-24-16-9-17-25-38)50(46)67-54(62)37-22-14-8-15-23-37/h6-25,33-34,39-41,43-44,46-51H,26-32H2,1-5H3/t34?,39?,40?,41?,43?,44?,46?,47?,48?,49?,50?,51?,56-,57-/m1/s1. The molecule has 5 fully saturated rings. The normalized spacial score (nSPS) is 33.4. The lowest BCUT2D eigenvalue weighted by atomic mass is 9.42. The van der Waals surface area contributed by atoms with Gasteiger partial charge in [0.15, 0.2) is 0 Å². The number of fused-ring (bicyclic) bond motifs is 5. The van der Waals surface area contributed by atoms with Crippen LogP contribution < -0.4 is 0 Å². The number of rotatable bonds is 11. The van der Waals surface area contributed by atoms with E-state index in [1.165, 1.54) is 0 Å². The van der Waals surface area contributed by atoms with Crippen LogP contribution in [0.2, 0.25) is 0 Å². The molecular formula is C57H62O11. The largest absolute Gasteiger partial charge is 0.462 e. The van der Waals surface area contributed by atoms with Crippen LogP contribution in [-0.2, 0) is 33.3 Å². The van der Waals surface area contributed by atoms with Gasteiger partial charge in [0.05, 0.1) is 22.3 Å². The van der Waals surface area contributed by atoms with Crippen molar-refractivity contribution in [1.82, 2.24) is 0 Å². The molecule has 1 saturated heterocycles. The van der Waals surface area contributed by atoms with Gasteiger partial charge in [-0.15, -0.1) is 0 Å². The molecule has 68 heavy (non-hydrogen) atoms. The minimum atomic E-state index is -1.29. The average Bonchev–Trinajstić information content (AvgIpc) is 3.63. The van der Waals surface area contributed by atoms with Gasteiger partial charge in [-0.1, -0.05) is 107 Å². The van der Waals surface area contributed by atoms with E-state index in [0.717, 1.165) is 6.42 Å². The number of Topliss-reactive ketones (excluding diaryl/α,β-unsaturated/α-hetero) is 1. The summed E-state index contributed by atoms with van der Waals surface area (Å²) < 4.78 is 32.7. The summed E-state index contributed by atoms with van der Waals surface area (Å²) >= 11 is 0. The van der Waals surface area contributed by atoms with Crippen molar-refractivity contribution in [1.29, 1.82) is 0 Å². The highest BCUT2D eigenvalue weighted by molar-refractivity contribution is 5.92. The molecule has 0 aromatic heterocycles. The smallest absolute Gasteiger partial charge is 0.338 e. The molecule has 356 valence electrons. The molecule has 12 unspecified atom stereocenters. The highest BCUT2D eigenvalue weighted by Gasteiger charge is 2.72.